The molecule has 2 N–H and O–H groups in total. The number of phenols is 1. The van der Waals surface area contributed by atoms with Gasteiger partial charge in [0.05, 0.1) is 13.8 Å². The molecule has 0 bridgehead atoms. The Labute approximate surface area is 140 Å². The predicted octanol–water partition coefficient (Wildman–Crippen LogP) is 3.93. The molecule has 0 fully saturated rings. The third-order valence-corrected chi connectivity index (χ3v) is 5.19. The van der Waals surface area contributed by atoms with Crippen LogP contribution in [0.3, 0.4) is 0 Å². The molecule has 0 saturated carbocycles. The summed E-state index contributed by atoms with van der Waals surface area (Å²) < 4.78 is 24.0. The largest absolute Gasteiger partial charge is 0.506 e. The van der Waals surface area contributed by atoms with Gasteiger partial charge in [-0.25, -0.2) is 8.42 Å². The van der Waals surface area contributed by atoms with Crippen LogP contribution in [0.4, 0.5) is 5.69 Å². The Morgan fingerprint density at radius 1 is 1.10 bits per heavy atom. The summed E-state index contributed by atoms with van der Waals surface area (Å²) in [6.07, 6.45) is 1.18. The summed E-state index contributed by atoms with van der Waals surface area (Å²) in [5.74, 6) is 0.163. The maximum absolute atomic E-state index is 11.4. The van der Waals surface area contributed by atoms with Gasteiger partial charge in [0.1, 0.15) is 5.75 Å². The van der Waals surface area contributed by atoms with E-state index < -0.39 is 9.84 Å². The summed E-state index contributed by atoms with van der Waals surface area (Å²) in [6, 6.07) is 10.2. The molecule has 0 aliphatic rings. The zero-order valence-electron chi connectivity index (χ0n) is 11.1. The fraction of sp³-hybridized carbons (Fsp3) is 0.143. The number of halogens is 2. The zero-order chi connectivity index (χ0) is 15.6. The van der Waals surface area contributed by atoms with Gasteiger partial charge in [-0.2, -0.15) is 0 Å². The molecule has 7 heteroatoms. The minimum atomic E-state index is -3.17. The maximum Gasteiger partial charge on any atom is 0.175 e. The fourth-order valence-corrected chi connectivity index (χ4v) is 3.66. The smallest absolute Gasteiger partial charge is 0.175 e. The van der Waals surface area contributed by atoms with E-state index >= 15 is 0 Å². The molecule has 0 atom stereocenters. The molecule has 0 spiro atoms. The lowest BCUT2D eigenvalue weighted by molar-refractivity contribution is 0.468. The monoisotopic (exact) mass is 433 g/mol. The van der Waals surface area contributed by atoms with Crippen LogP contribution in [0.15, 0.2) is 50.2 Å². The Kier molecular flexibility index (Phi) is 4.95. The number of aromatic hydroxyl groups is 1. The van der Waals surface area contributed by atoms with E-state index in [0.717, 1.165) is 11.3 Å². The third kappa shape index (κ3) is 4.21. The van der Waals surface area contributed by atoms with Gasteiger partial charge in [-0.15, -0.1) is 0 Å². The molecule has 0 heterocycles. The fourth-order valence-electron chi connectivity index (χ4n) is 1.74. The predicted molar refractivity (Wildman–Crippen MR) is 90.4 cm³/mol. The van der Waals surface area contributed by atoms with Crippen LogP contribution in [0.1, 0.15) is 5.56 Å². The van der Waals surface area contributed by atoms with Gasteiger partial charge in [0.2, 0.25) is 0 Å². The van der Waals surface area contributed by atoms with Crippen LogP contribution in [0.5, 0.6) is 5.75 Å². The van der Waals surface area contributed by atoms with E-state index in [1.165, 1.54) is 6.26 Å². The van der Waals surface area contributed by atoms with E-state index in [-0.39, 0.29) is 5.75 Å². The van der Waals surface area contributed by atoms with E-state index in [1.807, 2.05) is 12.1 Å². The first kappa shape index (κ1) is 16.3. The summed E-state index contributed by atoms with van der Waals surface area (Å²) >= 11 is 6.56. The van der Waals surface area contributed by atoms with Crippen LogP contribution in [0.25, 0.3) is 0 Å². The number of benzene rings is 2. The Bertz CT molecular complexity index is 735. The lowest BCUT2D eigenvalue weighted by atomic mass is 10.2. The Morgan fingerprint density at radius 3 is 2.10 bits per heavy atom. The van der Waals surface area contributed by atoms with E-state index in [4.69, 9.17) is 0 Å². The van der Waals surface area contributed by atoms with Crippen LogP contribution in [-0.4, -0.2) is 19.8 Å². The number of rotatable bonds is 4. The van der Waals surface area contributed by atoms with Gasteiger partial charge < -0.3 is 10.4 Å². The first-order chi connectivity index (χ1) is 9.77. The van der Waals surface area contributed by atoms with Crippen LogP contribution in [0.2, 0.25) is 0 Å². The summed E-state index contributed by atoms with van der Waals surface area (Å²) in [6.45, 7) is 0.551. The number of anilines is 1. The van der Waals surface area contributed by atoms with Gasteiger partial charge in [0, 0.05) is 18.5 Å². The highest BCUT2D eigenvalue weighted by atomic mass is 79.9. The Morgan fingerprint density at radius 2 is 1.62 bits per heavy atom. The van der Waals surface area contributed by atoms with E-state index in [1.54, 1.807) is 24.3 Å². The van der Waals surface area contributed by atoms with Crippen molar-refractivity contribution in [2.45, 2.75) is 11.4 Å². The first-order valence-electron chi connectivity index (χ1n) is 5.98. The van der Waals surface area contributed by atoms with Crippen molar-refractivity contribution in [1.82, 2.24) is 0 Å². The molecule has 0 unspecified atom stereocenters. The Balaban J connectivity index is 2.10. The second-order valence-electron chi connectivity index (χ2n) is 4.56. The van der Waals surface area contributed by atoms with Crippen molar-refractivity contribution in [2.24, 2.45) is 0 Å². The first-order valence-corrected chi connectivity index (χ1v) is 9.46. The highest BCUT2D eigenvalue weighted by molar-refractivity contribution is 9.11. The zero-order valence-corrected chi connectivity index (χ0v) is 15.1. The topological polar surface area (TPSA) is 66.4 Å². The van der Waals surface area contributed by atoms with E-state index in [9.17, 15) is 13.5 Å². The molecular weight excluding hydrogens is 422 g/mol. The molecule has 2 rings (SSSR count). The highest BCUT2D eigenvalue weighted by Crippen LogP contribution is 2.33. The van der Waals surface area contributed by atoms with Gasteiger partial charge in [0.15, 0.2) is 9.84 Å². The summed E-state index contributed by atoms with van der Waals surface area (Å²) in [7, 11) is -3.17. The van der Waals surface area contributed by atoms with Crippen LogP contribution in [-0.2, 0) is 16.4 Å². The third-order valence-electron chi connectivity index (χ3n) is 2.86. The second kappa shape index (κ2) is 6.37. The summed E-state index contributed by atoms with van der Waals surface area (Å²) in [5.41, 5.74) is 1.79. The van der Waals surface area contributed by atoms with Crippen molar-refractivity contribution in [3.63, 3.8) is 0 Å². The number of sulfone groups is 1. The SMILES string of the molecule is CS(=O)(=O)c1ccc(NCc2cc(Br)c(O)c(Br)c2)cc1. The van der Waals surface area contributed by atoms with Crippen molar-refractivity contribution < 1.29 is 13.5 Å². The van der Waals surface area contributed by atoms with E-state index in [0.29, 0.717) is 20.4 Å². The van der Waals surface area contributed by atoms with Gasteiger partial charge >= 0.3 is 0 Å². The van der Waals surface area contributed by atoms with Crippen LogP contribution < -0.4 is 5.32 Å². The van der Waals surface area contributed by atoms with Gasteiger partial charge in [0.25, 0.3) is 0 Å². The Hall–Kier alpha value is -1.05. The lowest BCUT2D eigenvalue weighted by Gasteiger charge is -2.09. The van der Waals surface area contributed by atoms with Crippen LogP contribution in [0, 0.1) is 0 Å². The molecular formula is C14H13Br2NO3S. The molecule has 112 valence electrons. The van der Waals surface area contributed by atoms with Crippen molar-refractivity contribution >= 4 is 47.4 Å². The number of nitrogens with one attached hydrogen (secondary N) is 1. The van der Waals surface area contributed by atoms with Crippen molar-refractivity contribution in [2.75, 3.05) is 11.6 Å². The average Bonchev–Trinajstić information content (AvgIpc) is 2.42. The molecule has 0 radical (unpaired) electrons. The standard InChI is InChI=1S/C14H13Br2NO3S/c1-21(19,20)11-4-2-10(3-5-11)17-8-9-6-12(15)14(18)13(16)7-9/h2-7,17-18H,8H2,1H3. The minimum absolute atomic E-state index is 0.163. The molecule has 0 aromatic heterocycles. The van der Waals surface area contributed by atoms with Gasteiger partial charge in [-0.3, -0.25) is 0 Å². The van der Waals surface area contributed by atoms with Crippen LogP contribution >= 0.6 is 31.9 Å². The summed E-state index contributed by atoms with van der Waals surface area (Å²) in [5, 5.41) is 12.8. The highest BCUT2D eigenvalue weighted by Gasteiger charge is 2.07. The average molecular weight is 435 g/mol. The number of hydrogen-bond donors (Lipinski definition) is 2. The molecule has 0 aliphatic heterocycles. The second-order valence-corrected chi connectivity index (χ2v) is 8.28. The molecule has 0 aliphatic carbocycles. The van der Waals surface area contributed by atoms with Crippen molar-refractivity contribution in [3.05, 3.63) is 50.9 Å². The normalized spacial score (nSPS) is 11.4. The minimum Gasteiger partial charge on any atom is -0.506 e. The molecule has 21 heavy (non-hydrogen) atoms. The van der Waals surface area contributed by atoms with Crippen molar-refractivity contribution in [3.8, 4) is 5.75 Å². The molecule has 4 nitrogen and oxygen atoms in total. The molecule has 0 amide bonds. The van der Waals surface area contributed by atoms with Crippen molar-refractivity contribution in [1.29, 1.82) is 0 Å². The molecule has 2 aromatic carbocycles. The van der Waals surface area contributed by atoms with Gasteiger partial charge in [-0.1, -0.05) is 0 Å². The van der Waals surface area contributed by atoms with E-state index in [2.05, 4.69) is 37.2 Å². The lowest BCUT2D eigenvalue weighted by Crippen LogP contribution is -2.01. The number of phenolic OH excluding ortho intramolecular Hbond substituents is 1. The molecule has 2 aromatic rings. The quantitative estimate of drug-likeness (QED) is 0.764. The maximum atomic E-state index is 11.4. The summed E-state index contributed by atoms with van der Waals surface area (Å²) in [4.78, 5) is 0.295. The number of hydrogen-bond acceptors (Lipinski definition) is 4. The van der Waals surface area contributed by atoms with Gasteiger partial charge in [-0.05, 0) is 73.8 Å². The molecule has 0 saturated heterocycles.